The van der Waals surface area contributed by atoms with Gasteiger partial charge in [0.2, 0.25) is 5.60 Å². The molecule has 0 spiro atoms. The van der Waals surface area contributed by atoms with Gasteiger partial charge < -0.3 is 20.7 Å². The van der Waals surface area contributed by atoms with E-state index in [1.54, 1.807) is 19.1 Å². The van der Waals surface area contributed by atoms with E-state index in [1.807, 2.05) is 0 Å². The maximum atomic E-state index is 13.4. The van der Waals surface area contributed by atoms with Crippen LogP contribution in [0.3, 0.4) is 0 Å². The molecule has 0 aliphatic heterocycles. The van der Waals surface area contributed by atoms with Crippen LogP contribution in [0.15, 0.2) is 30.6 Å². The molecule has 2 aromatic rings. The number of aliphatic hydroxyl groups is 1. The normalized spacial score (nSPS) is 14.2. The predicted octanol–water partition coefficient (Wildman–Crippen LogP) is 1.88. The molecule has 0 fully saturated rings. The van der Waals surface area contributed by atoms with Crippen LogP contribution >= 0.6 is 0 Å². The van der Waals surface area contributed by atoms with Crippen molar-refractivity contribution in [1.29, 1.82) is 0 Å². The average Bonchev–Trinajstić information content (AvgIpc) is 2.94. The van der Waals surface area contributed by atoms with Crippen LogP contribution in [0.25, 0.3) is 0 Å². The highest BCUT2D eigenvalue weighted by molar-refractivity contribution is 5.96. The van der Waals surface area contributed by atoms with E-state index >= 15 is 0 Å². The monoisotopic (exact) mass is 356 g/mol. The number of rotatable bonds is 5. The third-order valence-electron chi connectivity index (χ3n) is 3.94. The van der Waals surface area contributed by atoms with E-state index in [0.29, 0.717) is 11.3 Å². The van der Waals surface area contributed by atoms with E-state index in [0.717, 1.165) is 4.57 Å². The Labute approximate surface area is 142 Å². The summed E-state index contributed by atoms with van der Waals surface area (Å²) in [6, 6.07) is 4.71. The molecule has 1 unspecified atom stereocenters. The standard InChI is InChI=1S/C16H19F3N4O2/c1-10-3-4-11(20)9-12(10)13(24)21-6-5-15(25,16(17,18)19)14-22-7-8-23(14)2/h3-4,7-9,25H,5-6,20H2,1-2H3,(H,21,24). The molecule has 1 aromatic heterocycles. The van der Waals surface area contributed by atoms with Crippen molar-refractivity contribution in [3.63, 3.8) is 0 Å². The Morgan fingerprint density at radius 3 is 2.64 bits per heavy atom. The molecule has 0 aliphatic rings. The van der Waals surface area contributed by atoms with Gasteiger partial charge in [-0.1, -0.05) is 6.07 Å². The molecule has 1 heterocycles. The second-order valence-corrected chi connectivity index (χ2v) is 5.80. The zero-order valence-corrected chi connectivity index (χ0v) is 13.8. The Balaban J connectivity index is 2.13. The van der Waals surface area contributed by atoms with E-state index in [4.69, 9.17) is 5.73 Å². The van der Waals surface area contributed by atoms with E-state index in [1.165, 1.54) is 25.5 Å². The minimum absolute atomic E-state index is 0.271. The Hall–Kier alpha value is -2.55. The Morgan fingerprint density at radius 1 is 1.40 bits per heavy atom. The fraction of sp³-hybridized carbons (Fsp3) is 0.375. The summed E-state index contributed by atoms with van der Waals surface area (Å²) in [5.41, 5.74) is 3.74. The van der Waals surface area contributed by atoms with Crippen LogP contribution in [0.2, 0.25) is 0 Å². The van der Waals surface area contributed by atoms with Gasteiger partial charge >= 0.3 is 6.18 Å². The zero-order valence-electron chi connectivity index (χ0n) is 13.8. The highest BCUT2D eigenvalue weighted by Gasteiger charge is 2.57. The Morgan fingerprint density at radius 2 is 2.08 bits per heavy atom. The molecule has 4 N–H and O–H groups in total. The van der Waals surface area contributed by atoms with Crippen molar-refractivity contribution in [2.75, 3.05) is 12.3 Å². The fourth-order valence-corrected chi connectivity index (χ4v) is 2.48. The molecule has 0 aliphatic carbocycles. The van der Waals surface area contributed by atoms with Gasteiger partial charge in [0.25, 0.3) is 5.91 Å². The quantitative estimate of drug-likeness (QED) is 0.713. The molecule has 6 nitrogen and oxygen atoms in total. The van der Waals surface area contributed by atoms with Crippen LogP contribution in [0, 0.1) is 6.92 Å². The zero-order chi connectivity index (χ0) is 18.8. The third-order valence-corrected chi connectivity index (χ3v) is 3.94. The van der Waals surface area contributed by atoms with Crippen LogP contribution in [-0.4, -0.2) is 33.3 Å². The number of alkyl halides is 3. The number of halogens is 3. The first-order valence-corrected chi connectivity index (χ1v) is 7.47. The lowest BCUT2D eigenvalue weighted by Gasteiger charge is -2.30. The lowest BCUT2D eigenvalue weighted by Crippen LogP contribution is -2.46. The van der Waals surface area contributed by atoms with Gasteiger partial charge in [0.15, 0.2) is 0 Å². The highest BCUT2D eigenvalue weighted by Crippen LogP contribution is 2.40. The highest BCUT2D eigenvalue weighted by atomic mass is 19.4. The fourth-order valence-electron chi connectivity index (χ4n) is 2.48. The molecular weight excluding hydrogens is 337 g/mol. The second kappa shape index (κ2) is 6.75. The lowest BCUT2D eigenvalue weighted by atomic mass is 9.97. The number of carbonyl (C=O) groups is 1. The topological polar surface area (TPSA) is 93.2 Å². The number of hydrogen-bond donors (Lipinski definition) is 3. The first-order valence-electron chi connectivity index (χ1n) is 7.47. The first kappa shape index (κ1) is 18.8. The largest absolute Gasteiger partial charge is 0.424 e. The van der Waals surface area contributed by atoms with Gasteiger partial charge in [-0.2, -0.15) is 13.2 Å². The molecule has 0 saturated carbocycles. The number of amides is 1. The average molecular weight is 356 g/mol. The van der Waals surface area contributed by atoms with E-state index in [2.05, 4.69) is 10.3 Å². The Kier molecular flexibility index (Phi) is 5.07. The number of aryl methyl sites for hydroxylation is 2. The van der Waals surface area contributed by atoms with Crippen LogP contribution in [0.4, 0.5) is 18.9 Å². The summed E-state index contributed by atoms with van der Waals surface area (Å²) in [5, 5.41) is 12.6. The number of imidazole rings is 1. The van der Waals surface area contributed by atoms with Crippen LogP contribution in [0.5, 0.6) is 0 Å². The summed E-state index contributed by atoms with van der Waals surface area (Å²) in [5.74, 6) is -1.09. The van der Waals surface area contributed by atoms with Gasteiger partial charge in [-0.15, -0.1) is 0 Å². The van der Waals surface area contributed by atoms with Gasteiger partial charge in [0, 0.05) is 43.7 Å². The number of nitrogen functional groups attached to an aromatic ring is 1. The van der Waals surface area contributed by atoms with Crippen molar-refractivity contribution in [3.05, 3.63) is 47.5 Å². The number of anilines is 1. The van der Waals surface area contributed by atoms with Crippen LogP contribution in [0.1, 0.15) is 28.2 Å². The number of nitrogens with one attached hydrogen (secondary N) is 1. The number of nitrogens with two attached hydrogens (primary N) is 1. The maximum Gasteiger partial charge on any atom is 0.424 e. The van der Waals surface area contributed by atoms with Crippen molar-refractivity contribution < 1.29 is 23.1 Å². The molecule has 1 aromatic carbocycles. The van der Waals surface area contributed by atoms with Gasteiger partial charge in [0.1, 0.15) is 5.82 Å². The van der Waals surface area contributed by atoms with Gasteiger partial charge in [-0.3, -0.25) is 4.79 Å². The van der Waals surface area contributed by atoms with Crippen molar-refractivity contribution in [2.24, 2.45) is 7.05 Å². The van der Waals surface area contributed by atoms with Gasteiger partial charge in [0.05, 0.1) is 0 Å². The molecule has 9 heteroatoms. The number of aromatic nitrogens is 2. The maximum absolute atomic E-state index is 13.4. The SMILES string of the molecule is Cc1ccc(N)cc1C(=O)NCCC(O)(c1nccn1C)C(F)(F)F. The van der Waals surface area contributed by atoms with Crippen LogP contribution < -0.4 is 11.1 Å². The number of hydrogen-bond acceptors (Lipinski definition) is 4. The van der Waals surface area contributed by atoms with E-state index in [9.17, 15) is 23.1 Å². The number of benzene rings is 1. The summed E-state index contributed by atoms with van der Waals surface area (Å²) in [6.45, 7) is 1.30. The molecule has 0 bridgehead atoms. The lowest BCUT2D eigenvalue weighted by molar-refractivity contribution is -0.272. The van der Waals surface area contributed by atoms with Crippen molar-refractivity contribution >= 4 is 11.6 Å². The molecular formula is C16H19F3N4O2. The summed E-state index contributed by atoms with van der Waals surface area (Å²) in [7, 11) is 1.35. The summed E-state index contributed by atoms with van der Waals surface area (Å²) >= 11 is 0. The number of carbonyl (C=O) groups excluding carboxylic acids is 1. The molecule has 136 valence electrons. The summed E-state index contributed by atoms with van der Waals surface area (Å²) < 4.78 is 41.2. The molecule has 2 rings (SSSR count). The van der Waals surface area contributed by atoms with Gasteiger partial charge in [-0.05, 0) is 24.6 Å². The third kappa shape index (κ3) is 3.76. The molecule has 0 radical (unpaired) electrons. The van der Waals surface area contributed by atoms with Crippen molar-refractivity contribution in [1.82, 2.24) is 14.9 Å². The summed E-state index contributed by atoms with van der Waals surface area (Å²) in [6.07, 6.45) is -3.24. The minimum Gasteiger partial charge on any atom is -0.399 e. The molecule has 1 amide bonds. The summed E-state index contributed by atoms with van der Waals surface area (Å²) in [4.78, 5) is 15.8. The Bertz CT molecular complexity index is 773. The van der Waals surface area contributed by atoms with Gasteiger partial charge in [-0.25, -0.2) is 4.98 Å². The predicted molar refractivity (Wildman–Crippen MR) is 85.7 cm³/mol. The second-order valence-electron chi connectivity index (χ2n) is 5.80. The number of nitrogens with zero attached hydrogens (tertiary/aromatic N) is 2. The minimum atomic E-state index is -4.94. The van der Waals surface area contributed by atoms with Crippen molar-refractivity contribution in [3.8, 4) is 0 Å². The molecule has 0 saturated heterocycles. The first-order chi connectivity index (χ1) is 11.6. The molecule has 25 heavy (non-hydrogen) atoms. The van der Waals surface area contributed by atoms with E-state index < -0.39 is 36.5 Å². The van der Waals surface area contributed by atoms with E-state index in [-0.39, 0.29) is 5.56 Å². The smallest absolute Gasteiger partial charge is 0.399 e. The molecule has 1 atom stereocenters. The van der Waals surface area contributed by atoms with Crippen LogP contribution in [-0.2, 0) is 12.6 Å². The van der Waals surface area contributed by atoms with Crippen molar-refractivity contribution in [2.45, 2.75) is 25.1 Å².